The zero-order valence-electron chi connectivity index (χ0n) is 11.7. The molecule has 2 fully saturated rings. The average Bonchev–Trinajstić information content (AvgIpc) is 3.03. The van der Waals surface area contributed by atoms with Gasteiger partial charge in [-0.3, -0.25) is 9.89 Å². The molecule has 1 atom stereocenters. The fourth-order valence-corrected chi connectivity index (χ4v) is 5.66. The highest BCUT2D eigenvalue weighted by atomic mass is 32.2. The van der Waals surface area contributed by atoms with Gasteiger partial charge in [-0.2, -0.15) is 0 Å². The molecular formula is C13H21N3O3S. The third-order valence-corrected chi connectivity index (χ3v) is 6.63. The van der Waals surface area contributed by atoms with E-state index in [9.17, 15) is 13.2 Å². The molecule has 1 aromatic rings. The zero-order valence-corrected chi connectivity index (χ0v) is 12.5. The summed E-state index contributed by atoms with van der Waals surface area (Å²) in [4.78, 5) is 12.4. The molecule has 112 valence electrons. The smallest absolute Gasteiger partial charge is 0.290 e. The summed E-state index contributed by atoms with van der Waals surface area (Å²) in [5.74, 6) is 0.447. The summed E-state index contributed by atoms with van der Waals surface area (Å²) in [5.41, 5.74) is 6.07. The maximum atomic E-state index is 12.4. The molecule has 1 aliphatic heterocycles. The maximum absolute atomic E-state index is 12.4. The Morgan fingerprint density at radius 2 is 2.00 bits per heavy atom. The van der Waals surface area contributed by atoms with Gasteiger partial charge in [0.25, 0.3) is 5.56 Å². The second-order valence-corrected chi connectivity index (χ2v) is 8.58. The highest BCUT2D eigenvalue weighted by Gasteiger charge is 2.42. The van der Waals surface area contributed by atoms with E-state index in [0.29, 0.717) is 12.3 Å². The molecule has 7 heteroatoms. The Morgan fingerprint density at radius 1 is 1.35 bits per heavy atom. The average molecular weight is 299 g/mol. The Hall–Kier alpha value is -1.24. The van der Waals surface area contributed by atoms with Crippen molar-refractivity contribution in [1.29, 1.82) is 0 Å². The third kappa shape index (κ3) is 2.08. The Bertz CT molecular complexity index is 682. The molecule has 2 heterocycles. The van der Waals surface area contributed by atoms with E-state index >= 15 is 0 Å². The summed E-state index contributed by atoms with van der Waals surface area (Å²) in [6, 6.07) is 0. The molecule has 1 unspecified atom stereocenters. The molecule has 1 aromatic heterocycles. The molecule has 0 bridgehead atoms. The number of nitrogens with two attached hydrogens (primary N) is 1. The normalized spacial score (nSPS) is 30.1. The Labute approximate surface area is 118 Å². The monoisotopic (exact) mass is 299 g/mol. The molecule has 1 saturated carbocycles. The van der Waals surface area contributed by atoms with Crippen molar-refractivity contribution in [2.45, 2.75) is 50.5 Å². The number of rotatable bonds is 2. The predicted octanol–water partition coefficient (Wildman–Crippen LogP) is 0.950. The number of hydrogen-bond donors (Lipinski definition) is 2. The predicted molar refractivity (Wildman–Crippen MR) is 77.6 cm³/mol. The largest absolute Gasteiger partial charge is 0.393 e. The first kappa shape index (κ1) is 13.7. The number of nitrogens with zero attached hydrogens (tertiary/aromatic N) is 1. The van der Waals surface area contributed by atoms with E-state index < -0.39 is 15.4 Å². The minimum absolute atomic E-state index is 0.00394. The van der Waals surface area contributed by atoms with Crippen LogP contribution in [-0.2, 0) is 15.4 Å². The fraction of sp³-hybridized carbons (Fsp3) is 0.769. The van der Waals surface area contributed by atoms with Crippen molar-refractivity contribution in [3.8, 4) is 0 Å². The molecule has 3 N–H and O–H groups in total. The van der Waals surface area contributed by atoms with Crippen LogP contribution < -0.4 is 11.3 Å². The van der Waals surface area contributed by atoms with Gasteiger partial charge >= 0.3 is 0 Å². The van der Waals surface area contributed by atoms with Crippen molar-refractivity contribution in [1.82, 2.24) is 9.78 Å². The van der Waals surface area contributed by atoms with Gasteiger partial charge in [-0.1, -0.05) is 12.8 Å². The van der Waals surface area contributed by atoms with Gasteiger partial charge < -0.3 is 5.73 Å². The molecule has 1 saturated heterocycles. The van der Waals surface area contributed by atoms with E-state index in [4.69, 9.17) is 5.73 Å². The molecule has 1 aliphatic carbocycles. The first-order chi connectivity index (χ1) is 9.32. The van der Waals surface area contributed by atoms with Crippen molar-refractivity contribution in [2.24, 2.45) is 0 Å². The van der Waals surface area contributed by atoms with E-state index in [0.717, 1.165) is 31.4 Å². The Balaban J connectivity index is 2.03. The molecular weight excluding hydrogens is 278 g/mol. The second kappa shape index (κ2) is 4.38. The molecule has 2 aliphatic rings. The quantitative estimate of drug-likeness (QED) is 0.849. The van der Waals surface area contributed by atoms with Crippen molar-refractivity contribution < 1.29 is 8.42 Å². The first-order valence-corrected chi connectivity index (χ1v) is 8.96. The van der Waals surface area contributed by atoms with E-state index in [1.54, 1.807) is 0 Å². The van der Waals surface area contributed by atoms with Gasteiger partial charge in [0.05, 0.1) is 22.7 Å². The Morgan fingerprint density at radius 3 is 2.55 bits per heavy atom. The lowest BCUT2D eigenvalue weighted by molar-refractivity contribution is 0.316. The molecule has 20 heavy (non-hydrogen) atoms. The lowest BCUT2D eigenvalue weighted by atomic mass is 10.0. The van der Waals surface area contributed by atoms with Crippen LogP contribution in [0.3, 0.4) is 0 Å². The van der Waals surface area contributed by atoms with Crippen LogP contribution >= 0.6 is 0 Å². The number of anilines is 1. The minimum atomic E-state index is -3.06. The molecule has 0 radical (unpaired) electrons. The van der Waals surface area contributed by atoms with Crippen LogP contribution in [0, 0.1) is 0 Å². The summed E-state index contributed by atoms with van der Waals surface area (Å²) < 4.78 is 24.9. The van der Waals surface area contributed by atoms with Crippen LogP contribution in [0.2, 0.25) is 0 Å². The van der Waals surface area contributed by atoms with E-state index in [2.05, 4.69) is 5.10 Å². The van der Waals surface area contributed by atoms with Gasteiger partial charge in [0.2, 0.25) is 0 Å². The van der Waals surface area contributed by atoms with Crippen LogP contribution in [0.4, 0.5) is 5.69 Å². The Kier molecular flexibility index (Phi) is 3.00. The minimum Gasteiger partial charge on any atom is -0.393 e. The van der Waals surface area contributed by atoms with E-state index in [1.165, 1.54) is 4.68 Å². The van der Waals surface area contributed by atoms with Gasteiger partial charge in [0.1, 0.15) is 5.69 Å². The second-order valence-electron chi connectivity index (χ2n) is 6.40. The summed E-state index contributed by atoms with van der Waals surface area (Å²) in [6.45, 7) is 1.81. The van der Waals surface area contributed by atoms with Crippen LogP contribution in [0.15, 0.2) is 4.79 Å². The van der Waals surface area contributed by atoms with Crippen molar-refractivity contribution in [3.63, 3.8) is 0 Å². The summed E-state index contributed by atoms with van der Waals surface area (Å²) in [7, 11) is -3.06. The third-order valence-electron chi connectivity index (χ3n) is 4.74. The lowest BCUT2D eigenvalue weighted by Crippen LogP contribution is -2.39. The SMILES string of the molecule is CC1(n2[nH]c(C3CCCC3)c(N)c2=O)CCS(=O)(=O)C1. The number of hydrogen-bond acceptors (Lipinski definition) is 4. The topological polar surface area (TPSA) is 97.9 Å². The van der Waals surface area contributed by atoms with Crippen molar-refractivity contribution in [3.05, 3.63) is 16.0 Å². The van der Waals surface area contributed by atoms with Crippen LogP contribution in [0.1, 0.15) is 50.6 Å². The highest BCUT2D eigenvalue weighted by molar-refractivity contribution is 7.91. The number of nitrogens with one attached hydrogen (secondary N) is 1. The molecule has 0 aromatic carbocycles. The number of H-pyrrole nitrogens is 1. The molecule has 0 spiro atoms. The standard InChI is InChI=1S/C13H21N3O3S/c1-13(6-7-20(18,19)8-13)16-12(17)10(14)11(15-16)9-4-2-3-5-9/h9,15H,2-8,14H2,1H3. The molecule has 3 rings (SSSR count). The number of nitrogen functional groups attached to an aromatic ring is 1. The van der Waals surface area contributed by atoms with Gasteiger partial charge in [0, 0.05) is 5.92 Å². The van der Waals surface area contributed by atoms with Crippen LogP contribution in [0.25, 0.3) is 0 Å². The number of sulfone groups is 1. The van der Waals surface area contributed by atoms with E-state index in [1.807, 2.05) is 6.92 Å². The van der Waals surface area contributed by atoms with Crippen LogP contribution in [-0.4, -0.2) is 29.7 Å². The van der Waals surface area contributed by atoms with E-state index in [-0.39, 0.29) is 22.8 Å². The van der Waals surface area contributed by atoms with Crippen molar-refractivity contribution in [2.75, 3.05) is 17.2 Å². The lowest BCUT2D eigenvalue weighted by Gasteiger charge is -2.23. The first-order valence-electron chi connectivity index (χ1n) is 7.14. The molecule has 0 amide bonds. The van der Waals surface area contributed by atoms with Gasteiger partial charge in [-0.25, -0.2) is 13.1 Å². The maximum Gasteiger partial charge on any atom is 0.290 e. The number of aromatic nitrogens is 2. The van der Waals surface area contributed by atoms with Gasteiger partial charge in [-0.05, 0) is 26.2 Å². The van der Waals surface area contributed by atoms with Gasteiger partial charge in [-0.15, -0.1) is 0 Å². The van der Waals surface area contributed by atoms with Crippen molar-refractivity contribution >= 4 is 15.5 Å². The summed E-state index contributed by atoms with van der Waals surface area (Å²) >= 11 is 0. The highest BCUT2D eigenvalue weighted by Crippen LogP contribution is 2.36. The zero-order chi connectivity index (χ0) is 14.5. The van der Waals surface area contributed by atoms with Crippen LogP contribution in [0.5, 0.6) is 0 Å². The fourth-order valence-electron chi connectivity index (χ4n) is 3.54. The summed E-state index contributed by atoms with van der Waals surface area (Å²) in [6.07, 6.45) is 4.85. The number of aromatic amines is 1. The molecule has 6 nitrogen and oxygen atoms in total. The van der Waals surface area contributed by atoms with Gasteiger partial charge in [0.15, 0.2) is 9.84 Å². The summed E-state index contributed by atoms with van der Waals surface area (Å²) in [5, 5.41) is 3.13.